The Morgan fingerprint density at radius 1 is 1.30 bits per heavy atom. The van der Waals surface area contributed by atoms with Gasteiger partial charge in [-0.1, -0.05) is 6.07 Å². The predicted octanol–water partition coefficient (Wildman–Crippen LogP) is 2.77. The second kappa shape index (κ2) is 7.70. The van der Waals surface area contributed by atoms with Crippen LogP contribution in [0.3, 0.4) is 0 Å². The smallest absolute Gasteiger partial charge is 0.289 e. The quantitative estimate of drug-likeness (QED) is 0.645. The van der Waals surface area contributed by atoms with E-state index in [4.69, 9.17) is 9.15 Å². The summed E-state index contributed by atoms with van der Waals surface area (Å²) in [6.45, 7) is 2.05. The second-order valence-corrected chi connectivity index (χ2v) is 8.38. The van der Waals surface area contributed by atoms with Gasteiger partial charge in [0.25, 0.3) is 11.8 Å². The van der Waals surface area contributed by atoms with E-state index in [0.717, 1.165) is 11.1 Å². The molecule has 3 aromatic heterocycles. The van der Waals surface area contributed by atoms with Crippen molar-refractivity contribution in [2.24, 2.45) is 0 Å². The second-order valence-electron chi connectivity index (χ2n) is 7.60. The molecule has 2 atom stereocenters. The van der Waals surface area contributed by atoms with Gasteiger partial charge in [-0.25, -0.2) is 0 Å². The summed E-state index contributed by atoms with van der Waals surface area (Å²) in [5, 5.41) is 4.06. The highest BCUT2D eigenvalue weighted by atomic mass is 32.1. The summed E-state index contributed by atoms with van der Waals surface area (Å²) < 4.78 is 11.5. The lowest BCUT2D eigenvalue weighted by molar-refractivity contribution is -0.172. The SMILES string of the molecule is O=C(c1ccco1)N1CC(c2cccnc2)C2(C1)OCCN(Cc1ccsc1)C2=O. The fraction of sp³-hybridized carbons (Fsp3) is 0.318. The summed E-state index contributed by atoms with van der Waals surface area (Å²) >= 11 is 1.61. The number of amides is 2. The van der Waals surface area contributed by atoms with E-state index in [2.05, 4.69) is 10.4 Å². The zero-order valence-corrected chi connectivity index (χ0v) is 17.1. The minimum absolute atomic E-state index is 0.0800. The lowest BCUT2D eigenvalue weighted by atomic mass is 9.83. The van der Waals surface area contributed by atoms with Gasteiger partial charge in [0.1, 0.15) is 0 Å². The average Bonchev–Trinajstić information content (AvgIpc) is 3.53. The van der Waals surface area contributed by atoms with E-state index in [1.54, 1.807) is 40.8 Å². The van der Waals surface area contributed by atoms with Gasteiger partial charge in [0.15, 0.2) is 11.4 Å². The third kappa shape index (κ3) is 3.22. The third-order valence-corrected chi connectivity index (χ3v) is 6.55. The number of morpholine rings is 1. The minimum atomic E-state index is -1.13. The molecule has 2 fully saturated rings. The number of furan rings is 1. The van der Waals surface area contributed by atoms with Crippen LogP contribution in [0.2, 0.25) is 0 Å². The van der Waals surface area contributed by atoms with Crippen molar-refractivity contribution in [1.82, 2.24) is 14.8 Å². The molecule has 0 aromatic carbocycles. The van der Waals surface area contributed by atoms with Crippen molar-refractivity contribution >= 4 is 23.2 Å². The van der Waals surface area contributed by atoms with Gasteiger partial charge in [0.2, 0.25) is 0 Å². The number of rotatable bonds is 4. The van der Waals surface area contributed by atoms with Crippen molar-refractivity contribution in [3.05, 3.63) is 76.6 Å². The van der Waals surface area contributed by atoms with Gasteiger partial charge >= 0.3 is 0 Å². The van der Waals surface area contributed by atoms with E-state index in [-0.39, 0.29) is 30.0 Å². The van der Waals surface area contributed by atoms with Gasteiger partial charge in [0.05, 0.1) is 19.4 Å². The monoisotopic (exact) mass is 423 g/mol. The number of carbonyl (C=O) groups is 2. The Labute approximate surface area is 177 Å². The Morgan fingerprint density at radius 2 is 2.23 bits per heavy atom. The molecule has 0 aliphatic carbocycles. The average molecular weight is 423 g/mol. The first kappa shape index (κ1) is 19.0. The normalized spacial score (nSPS) is 24.0. The molecule has 2 unspecified atom stereocenters. The van der Waals surface area contributed by atoms with Crippen LogP contribution in [-0.4, -0.2) is 58.4 Å². The van der Waals surface area contributed by atoms with Crippen LogP contribution in [0.25, 0.3) is 0 Å². The van der Waals surface area contributed by atoms with Crippen LogP contribution in [0.4, 0.5) is 0 Å². The van der Waals surface area contributed by atoms with Gasteiger partial charge in [-0.05, 0) is 46.2 Å². The van der Waals surface area contributed by atoms with E-state index < -0.39 is 5.60 Å². The van der Waals surface area contributed by atoms with E-state index in [9.17, 15) is 9.59 Å². The highest BCUT2D eigenvalue weighted by molar-refractivity contribution is 7.07. The molecule has 2 aliphatic rings. The van der Waals surface area contributed by atoms with E-state index in [1.165, 1.54) is 6.26 Å². The summed E-state index contributed by atoms with van der Waals surface area (Å²) in [6, 6.07) is 9.13. The maximum Gasteiger partial charge on any atom is 0.289 e. The van der Waals surface area contributed by atoms with Crippen molar-refractivity contribution in [3.63, 3.8) is 0 Å². The molecule has 30 heavy (non-hydrogen) atoms. The Balaban J connectivity index is 1.49. The van der Waals surface area contributed by atoms with Crippen LogP contribution in [-0.2, 0) is 16.1 Å². The van der Waals surface area contributed by atoms with Crippen molar-refractivity contribution in [1.29, 1.82) is 0 Å². The fourth-order valence-corrected chi connectivity index (χ4v) is 5.04. The number of nitrogens with zero attached hydrogens (tertiary/aromatic N) is 3. The molecule has 8 heteroatoms. The number of ether oxygens (including phenoxy) is 1. The Hall–Kier alpha value is -2.97. The largest absolute Gasteiger partial charge is 0.459 e. The standard InChI is InChI=1S/C22H21N3O4S/c26-20(19-4-2-8-28-19)25-13-18(17-3-1-6-23-11-17)22(15-25)21(27)24(7-9-29-22)12-16-5-10-30-14-16/h1-6,8,10-11,14,18H,7,9,12-13,15H2. The molecule has 1 spiro atoms. The molecular formula is C22H21N3O4S. The molecule has 5 heterocycles. The van der Waals surface area contributed by atoms with Gasteiger partial charge in [-0.15, -0.1) is 0 Å². The lowest BCUT2D eigenvalue weighted by Crippen LogP contribution is -2.60. The van der Waals surface area contributed by atoms with Gasteiger partial charge in [-0.2, -0.15) is 11.3 Å². The third-order valence-electron chi connectivity index (χ3n) is 5.82. The van der Waals surface area contributed by atoms with Gasteiger partial charge in [0, 0.05) is 37.9 Å². The molecule has 0 radical (unpaired) electrons. The van der Waals surface area contributed by atoms with Gasteiger partial charge < -0.3 is 19.0 Å². The first-order valence-electron chi connectivity index (χ1n) is 9.84. The molecule has 0 saturated carbocycles. The highest BCUT2D eigenvalue weighted by Gasteiger charge is 2.58. The topological polar surface area (TPSA) is 75.9 Å². The molecule has 154 valence electrons. The highest BCUT2D eigenvalue weighted by Crippen LogP contribution is 2.42. The van der Waals surface area contributed by atoms with Crippen LogP contribution in [0.15, 0.2) is 64.2 Å². The first-order chi connectivity index (χ1) is 14.7. The molecule has 2 amide bonds. The molecule has 5 rings (SSSR count). The van der Waals surface area contributed by atoms with Crippen LogP contribution in [0.1, 0.15) is 27.6 Å². The van der Waals surface area contributed by atoms with Crippen molar-refractivity contribution in [3.8, 4) is 0 Å². The van der Waals surface area contributed by atoms with E-state index in [1.807, 2.05) is 28.5 Å². The Bertz CT molecular complexity index is 1020. The number of hydrogen-bond acceptors (Lipinski definition) is 6. The number of aromatic nitrogens is 1. The molecule has 3 aromatic rings. The van der Waals surface area contributed by atoms with Crippen molar-refractivity contribution < 1.29 is 18.7 Å². The molecule has 0 N–H and O–H groups in total. The molecule has 0 bridgehead atoms. The maximum absolute atomic E-state index is 13.7. The molecular weight excluding hydrogens is 402 g/mol. The minimum Gasteiger partial charge on any atom is -0.459 e. The summed E-state index contributed by atoms with van der Waals surface area (Å²) in [6.07, 6.45) is 4.92. The van der Waals surface area contributed by atoms with E-state index in [0.29, 0.717) is 26.2 Å². The maximum atomic E-state index is 13.7. The van der Waals surface area contributed by atoms with E-state index >= 15 is 0 Å². The molecule has 2 saturated heterocycles. The summed E-state index contributed by atoms with van der Waals surface area (Å²) in [5.74, 6) is -0.362. The Morgan fingerprint density at radius 3 is 2.97 bits per heavy atom. The molecule has 7 nitrogen and oxygen atoms in total. The van der Waals surface area contributed by atoms with Crippen molar-refractivity contribution in [2.75, 3.05) is 26.2 Å². The summed E-state index contributed by atoms with van der Waals surface area (Å²) in [4.78, 5) is 34.5. The number of likely N-dealkylation sites (tertiary alicyclic amines) is 1. The summed E-state index contributed by atoms with van der Waals surface area (Å²) in [7, 11) is 0. The predicted molar refractivity (Wildman–Crippen MR) is 110 cm³/mol. The van der Waals surface area contributed by atoms with Crippen LogP contribution in [0.5, 0.6) is 0 Å². The van der Waals surface area contributed by atoms with Gasteiger partial charge in [-0.3, -0.25) is 14.6 Å². The number of carbonyl (C=O) groups excluding carboxylic acids is 2. The number of pyridine rings is 1. The zero-order chi connectivity index (χ0) is 20.6. The van der Waals surface area contributed by atoms with Crippen LogP contribution >= 0.6 is 11.3 Å². The van der Waals surface area contributed by atoms with Crippen LogP contribution in [0, 0.1) is 0 Å². The number of thiophene rings is 1. The number of hydrogen-bond donors (Lipinski definition) is 0. The Kier molecular flexibility index (Phi) is 4.88. The van der Waals surface area contributed by atoms with Crippen molar-refractivity contribution in [2.45, 2.75) is 18.1 Å². The first-order valence-corrected chi connectivity index (χ1v) is 10.8. The van der Waals surface area contributed by atoms with Crippen LogP contribution < -0.4 is 0 Å². The molecule has 2 aliphatic heterocycles. The fourth-order valence-electron chi connectivity index (χ4n) is 4.38. The zero-order valence-electron chi connectivity index (χ0n) is 16.3. The summed E-state index contributed by atoms with van der Waals surface area (Å²) in [5.41, 5.74) is 0.863. The lowest BCUT2D eigenvalue weighted by Gasteiger charge is -2.42.